The van der Waals surface area contributed by atoms with Crippen LogP contribution in [0.15, 0.2) is 47.5 Å². The van der Waals surface area contributed by atoms with Crippen LogP contribution in [0.4, 0.5) is 18.9 Å². The van der Waals surface area contributed by atoms with Gasteiger partial charge in [-0.05, 0) is 42.0 Å². The Morgan fingerprint density at radius 3 is 2.50 bits per heavy atom. The highest BCUT2D eigenvalue weighted by Crippen LogP contribution is 2.32. The van der Waals surface area contributed by atoms with Crippen LogP contribution < -0.4 is 25.3 Å². The number of guanidine groups is 1. The molecule has 0 saturated heterocycles. The third kappa shape index (κ3) is 5.58. The monoisotopic (exact) mass is 481 g/mol. The Hall–Kier alpha value is -2.37. The fourth-order valence-electron chi connectivity index (χ4n) is 2.14. The summed E-state index contributed by atoms with van der Waals surface area (Å²) in [6.07, 6.45) is -4.72. The maximum atomic E-state index is 12.1. The van der Waals surface area contributed by atoms with E-state index in [4.69, 9.17) is 15.2 Å². The van der Waals surface area contributed by atoms with E-state index in [1.807, 2.05) is 12.1 Å². The van der Waals surface area contributed by atoms with Gasteiger partial charge in [-0.25, -0.2) is 4.99 Å². The van der Waals surface area contributed by atoms with Crippen molar-refractivity contribution in [2.45, 2.75) is 12.9 Å². The summed E-state index contributed by atoms with van der Waals surface area (Å²) in [6, 6.07) is 10.6. The number of aliphatic imine (C=N–C) groups is 1. The lowest BCUT2D eigenvalue weighted by molar-refractivity contribution is -0.274. The summed E-state index contributed by atoms with van der Waals surface area (Å²) in [4.78, 5) is 4.17. The highest BCUT2D eigenvalue weighted by molar-refractivity contribution is 14.0. The second kappa shape index (κ2) is 8.34. The molecule has 2 aromatic rings. The van der Waals surface area contributed by atoms with Crippen LogP contribution in [0.1, 0.15) is 5.56 Å². The number of fused-ring (bicyclic) bond motifs is 1. The number of alkyl halides is 3. The van der Waals surface area contributed by atoms with Crippen LogP contribution in [-0.4, -0.2) is 19.1 Å². The predicted molar refractivity (Wildman–Crippen MR) is 100 cm³/mol. The van der Waals surface area contributed by atoms with Crippen molar-refractivity contribution in [2.24, 2.45) is 10.7 Å². The van der Waals surface area contributed by atoms with E-state index in [-0.39, 0.29) is 42.5 Å². The predicted octanol–water partition coefficient (Wildman–Crippen LogP) is 3.86. The highest BCUT2D eigenvalue weighted by atomic mass is 127. The molecule has 0 fully saturated rings. The van der Waals surface area contributed by atoms with E-state index in [2.05, 4.69) is 15.0 Å². The molecule has 3 N–H and O–H groups in total. The molecular weight excluding hydrogens is 466 g/mol. The van der Waals surface area contributed by atoms with Crippen molar-refractivity contribution in [3.05, 3.63) is 48.0 Å². The van der Waals surface area contributed by atoms with Crippen LogP contribution >= 0.6 is 24.0 Å². The summed E-state index contributed by atoms with van der Waals surface area (Å²) in [7, 11) is 0. The average Bonchev–Trinajstić information content (AvgIpc) is 3.01. The van der Waals surface area contributed by atoms with Crippen molar-refractivity contribution < 1.29 is 27.4 Å². The molecule has 0 spiro atoms. The Bertz CT molecular complexity index is 783. The number of hydrogen-bond acceptors (Lipinski definition) is 4. The SMILES string of the molecule is I.NC(=NCc1ccc2c(c1)OCO2)Nc1ccc(OC(F)(F)F)cc1. The van der Waals surface area contributed by atoms with Gasteiger partial charge < -0.3 is 25.3 Å². The Morgan fingerprint density at radius 1 is 1.12 bits per heavy atom. The van der Waals surface area contributed by atoms with E-state index >= 15 is 0 Å². The molecule has 0 aromatic heterocycles. The maximum absolute atomic E-state index is 12.1. The van der Waals surface area contributed by atoms with Gasteiger partial charge in [0, 0.05) is 5.69 Å². The van der Waals surface area contributed by atoms with Gasteiger partial charge in [0.25, 0.3) is 0 Å². The van der Waals surface area contributed by atoms with Crippen LogP contribution in [-0.2, 0) is 6.54 Å². The lowest BCUT2D eigenvalue weighted by Gasteiger charge is -2.10. The van der Waals surface area contributed by atoms with Crippen molar-refractivity contribution >= 4 is 35.6 Å². The van der Waals surface area contributed by atoms with E-state index in [1.165, 1.54) is 24.3 Å². The molecule has 26 heavy (non-hydrogen) atoms. The van der Waals surface area contributed by atoms with Crippen LogP contribution in [0, 0.1) is 0 Å². The quantitative estimate of drug-likeness (QED) is 0.394. The van der Waals surface area contributed by atoms with Gasteiger partial charge in [0.15, 0.2) is 17.5 Å². The molecule has 1 aliphatic rings. The van der Waals surface area contributed by atoms with E-state index in [1.54, 1.807) is 6.07 Å². The summed E-state index contributed by atoms with van der Waals surface area (Å²) in [5.41, 5.74) is 7.14. The van der Waals surface area contributed by atoms with Crippen molar-refractivity contribution in [1.29, 1.82) is 0 Å². The van der Waals surface area contributed by atoms with Gasteiger partial charge in [-0.2, -0.15) is 0 Å². The standard InChI is InChI=1S/C16H14F3N3O3.HI/c17-16(18,19)25-12-4-2-11(3-5-12)22-15(20)21-8-10-1-6-13-14(7-10)24-9-23-13;/h1-7H,8-9H2,(H3,20,21,22);1H. The minimum atomic E-state index is -4.72. The number of rotatable bonds is 4. The normalized spacial score (nSPS) is 13.1. The molecule has 140 valence electrons. The summed E-state index contributed by atoms with van der Waals surface area (Å²) >= 11 is 0. The van der Waals surface area contributed by atoms with Gasteiger partial charge >= 0.3 is 6.36 Å². The second-order valence-corrected chi connectivity index (χ2v) is 5.09. The molecule has 1 aliphatic heterocycles. The molecule has 0 atom stereocenters. The Kier molecular flexibility index (Phi) is 6.40. The van der Waals surface area contributed by atoms with Gasteiger partial charge in [0.1, 0.15) is 5.75 Å². The number of hydrogen-bond donors (Lipinski definition) is 2. The molecule has 2 aromatic carbocycles. The Balaban J connectivity index is 0.00000243. The second-order valence-electron chi connectivity index (χ2n) is 5.09. The topological polar surface area (TPSA) is 78.1 Å². The minimum Gasteiger partial charge on any atom is -0.454 e. The Morgan fingerprint density at radius 2 is 1.81 bits per heavy atom. The fourth-order valence-corrected chi connectivity index (χ4v) is 2.14. The minimum absolute atomic E-state index is 0. The number of ether oxygens (including phenoxy) is 3. The zero-order valence-corrected chi connectivity index (χ0v) is 15.6. The molecule has 0 unspecified atom stereocenters. The van der Waals surface area contributed by atoms with Gasteiger partial charge in [-0.15, -0.1) is 37.1 Å². The third-order valence-electron chi connectivity index (χ3n) is 3.23. The molecule has 3 rings (SSSR count). The number of nitrogens with one attached hydrogen (secondary N) is 1. The first kappa shape index (κ1) is 19.9. The van der Waals surface area contributed by atoms with E-state index in [0.29, 0.717) is 23.7 Å². The van der Waals surface area contributed by atoms with E-state index in [0.717, 1.165) is 5.56 Å². The van der Waals surface area contributed by atoms with Crippen molar-refractivity contribution in [3.8, 4) is 17.2 Å². The largest absolute Gasteiger partial charge is 0.573 e. The molecular formula is C16H15F3IN3O3. The summed E-state index contributed by atoms with van der Waals surface area (Å²) < 4.78 is 50.6. The van der Waals surface area contributed by atoms with Crippen molar-refractivity contribution in [3.63, 3.8) is 0 Å². The molecule has 0 radical (unpaired) electrons. The molecule has 1 heterocycles. The Labute approximate surface area is 164 Å². The molecule has 6 nitrogen and oxygen atoms in total. The lowest BCUT2D eigenvalue weighted by atomic mass is 10.2. The fraction of sp³-hybridized carbons (Fsp3) is 0.188. The van der Waals surface area contributed by atoms with E-state index in [9.17, 15) is 13.2 Å². The van der Waals surface area contributed by atoms with Crippen molar-refractivity contribution in [2.75, 3.05) is 12.1 Å². The number of benzene rings is 2. The summed E-state index contributed by atoms with van der Waals surface area (Å²) in [5, 5.41) is 2.79. The number of nitrogens with two attached hydrogens (primary N) is 1. The summed E-state index contributed by atoms with van der Waals surface area (Å²) in [5.74, 6) is 1.15. The first-order valence-electron chi connectivity index (χ1n) is 7.20. The maximum Gasteiger partial charge on any atom is 0.573 e. The number of anilines is 1. The third-order valence-corrected chi connectivity index (χ3v) is 3.23. The smallest absolute Gasteiger partial charge is 0.454 e. The zero-order valence-electron chi connectivity index (χ0n) is 13.2. The molecule has 0 amide bonds. The molecule has 0 saturated carbocycles. The highest BCUT2D eigenvalue weighted by Gasteiger charge is 2.30. The molecule has 10 heteroatoms. The van der Waals surface area contributed by atoms with Crippen molar-refractivity contribution in [1.82, 2.24) is 0 Å². The first-order valence-corrected chi connectivity index (χ1v) is 7.20. The first-order chi connectivity index (χ1) is 11.9. The van der Waals surface area contributed by atoms with Gasteiger partial charge in [0.05, 0.1) is 6.54 Å². The van der Waals surface area contributed by atoms with E-state index < -0.39 is 6.36 Å². The summed E-state index contributed by atoms with van der Waals surface area (Å²) in [6.45, 7) is 0.505. The number of nitrogens with zero attached hydrogens (tertiary/aromatic N) is 1. The van der Waals surface area contributed by atoms with Crippen LogP contribution in [0.25, 0.3) is 0 Å². The van der Waals surface area contributed by atoms with Gasteiger partial charge in [-0.1, -0.05) is 6.07 Å². The van der Waals surface area contributed by atoms with Crippen LogP contribution in [0.5, 0.6) is 17.2 Å². The molecule has 0 bridgehead atoms. The zero-order chi connectivity index (χ0) is 17.9. The van der Waals surface area contributed by atoms with Gasteiger partial charge in [-0.3, -0.25) is 0 Å². The average molecular weight is 481 g/mol. The molecule has 0 aliphatic carbocycles. The lowest BCUT2D eigenvalue weighted by Crippen LogP contribution is -2.22. The van der Waals surface area contributed by atoms with Crippen LogP contribution in [0.2, 0.25) is 0 Å². The van der Waals surface area contributed by atoms with Crippen LogP contribution in [0.3, 0.4) is 0 Å². The van der Waals surface area contributed by atoms with Gasteiger partial charge in [0.2, 0.25) is 6.79 Å². The number of halogens is 4.